The second-order valence-electron chi connectivity index (χ2n) is 4.30. The van der Waals surface area contributed by atoms with Crippen molar-refractivity contribution in [3.05, 3.63) is 30.0 Å². The van der Waals surface area contributed by atoms with Gasteiger partial charge in [0.25, 0.3) is 0 Å². The maximum Gasteiger partial charge on any atom is 0.137 e. The van der Waals surface area contributed by atoms with E-state index >= 15 is 0 Å². The molecule has 4 nitrogen and oxygen atoms in total. The van der Waals surface area contributed by atoms with Crippen molar-refractivity contribution >= 4 is 11.0 Å². The highest BCUT2D eigenvalue weighted by Crippen LogP contribution is 2.30. The number of furan rings is 1. The molecule has 17 heavy (non-hydrogen) atoms. The maximum absolute atomic E-state index is 9.87. The van der Waals surface area contributed by atoms with Gasteiger partial charge in [-0.25, -0.2) is 0 Å². The van der Waals surface area contributed by atoms with Gasteiger partial charge in [0.15, 0.2) is 0 Å². The summed E-state index contributed by atoms with van der Waals surface area (Å²) in [6.07, 6.45) is 1.74. The second-order valence-corrected chi connectivity index (χ2v) is 4.30. The largest absolute Gasteiger partial charge is 0.507 e. The van der Waals surface area contributed by atoms with Gasteiger partial charge in [-0.1, -0.05) is 6.07 Å². The van der Waals surface area contributed by atoms with Crippen molar-refractivity contribution in [2.45, 2.75) is 6.54 Å². The van der Waals surface area contributed by atoms with Crippen LogP contribution in [0.1, 0.15) is 5.56 Å². The first-order valence-electron chi connectivity index (χ1n) is 5.83. The Balaban J connectivity index is 1.89. The minimum absolute atomic E-state index is 0.291. The molecule has 1 aliphatic heterocycles. The maximum atomic E-state index is 9.87. The number of ether oxygens (including phenoxy) is 1. The molecular weight excluding hydrogens is 218 g/mol. The normalized spacial score (nSPS) is 17.6. The number of phenols is 1. The fourth-order valence-corrected chi connectivity index (χ4v) is 2.25. The minimum atomic E-state index is 0.291. The predicted octanol–water partition coefficient (Wildman–Crippen LogP) is 1.97. The van der Waals surface area contributed by atoms with E-state index in [1.54, 1.807) is 18.4 Å². The number of hydrogen-bond acceptors (Lipinski definition) is 4. The van der Waals surface area contributed by atoms with Crippen LogP contribution >= 0.6 is 0 Å². The van der Waals surface area contributed by atoms with Crippen LogP contribution in [0.3, 0.4) is 0 Å². The van der Waals surface area contributed by atoms with Crippen LogP contribution in [0.2, 0.25) is 0 Å². The highest BCUT2D eigenvalue weighted by atomic mass is 16.5. The lowest BCUT2D eigenvalue weighted by Crippen LogP contribution is -2.35. The van der Waals surface area contributed by atoms with E-state index in [0.29, 0.717) is 5.75 Å². The van der Waals surface area contributed by atoms with Gasteiger partial charge in [-0.15, -0.1) is 0 Å². The van der Waals surface area contributed by atoms with Gasteiger partial charge in [0.05, 0.1) is 24.9 Å². The molecule has 0 bridgehead atoms. The van der Waals surface area contributed by atoms with Gasteiger partial charge in [0, 0.05) is 25.2 Å². The van der Waals surface area contributed by atoms with E-state index in [-0.39, 0.29) is 0 Å². The van der Waals surface area contributed by atoms with Gasteiger partial charge < -0.3 is 14.3 Å². The molecule has 1 saturated heterocycles. The van der Waals surface area contributed by atoms with Gasteiger partial charge in [0.2, 0.25) is 0 Å². The molecule has 0 amide bonds. The number of benzene rings is 1. The number of fused-ring (bicyclic) bond motifs is 1. The van der Waals surface area contributed by atoms with E-state index in [9.17, 15) is 5.11 Å². The Labute approximate surface area is 99.4 Å². The summed E-state index contributed by atoms with van der Waals surface area (Å²) in [6.45, 7) is 4.22. The van der Waals surface area contributed by atoms with E-state index in [2.05, 4.69) is 4.90 Å². The quantitative estimate of drug-likeness (QED) is 0.861. The summed E-state index contributed by atoms with van der Waals surface area (Å²) < 4.78 is 10.8. The SMILES string of the molecule is Oc1cccc2occ(CN3CCOCC3)c12. The Hall–Kier alpha value is -1.52. The van der Waals surface area contributed by atoms with Crippen molar-refractivity contribution in [1.29, 1.82) is 0 Å². The Morgan fingerprint density at radius 2 is 2.06 bits per heavy atom. The number of hydrogen-bond donors (Lipinski definition) is 1. The summed E-state index contributed by atoms with van der Waals surface area (Å²) >= 11 is 0. The van der Waals surface area contributed by atoms with Gasteiger partial charge in [-0.05, 0) is 12.1 Å². The van der Waals surface area contributed by atoms with E-state index in [4.69, 9.17) is 9.15 Å². The molecular formula is C13H15NO3. The lowest BCUT2D eigenvalue weighted by molar-refractivity contribution is 0.0342. The number of aromatic hydroxyl groups is 1. The molecule has 0 spiro atoms. The summed E-state index contributed by atoms with van der Waals surface area (Å²) in [6, 6.07) is 5.36. The van der Waals surface area contributed by atoms with Crippen LogP contribution in [0.4, 0.5) is 0 Å². The van der Waals surface area contributed by atoms with Crippen LogP contribution in [-0.4, -0.2) is 36.3 Å². The van der Waals surface area contributed by atoms with Crippen LogP contribution in [0.15, 0.2) is 28.9 Å². The molecule has 2 aromatic rings. The molecule has 0 aliphatic carbocycles. The number of nitrogens with zero attached hydrogens (tertiary/aromatic N) is 1. The summed E-state index contributed by atoms with van der Waals surface area (Å²) in [7, 11) is 0. The highest BCUT2D eigenvalue weighted by Gasteiger charge is 2.15. The van der Waals surface area contributed by atoms with Gasteiger partial charge >= 0.3 is 0 Å². The third-order valence-electron chi connectivity index (χ3n) is 3.15. The van der Waals surface area contributed by atoms with Crippen molar-refractivity contribution < 1.29 is 14.3 Å². The van der Waals surface area contributed by atoms with Gasteiger partial charge in [-0.3, -0.25) is 4.90 Å². The van der Waals surface area contributed by atoms with E-state index < -0.39 is 0 Å². The van der Waals surface area contributed by atoms with Gasteiger partial charge in [-0.2, -0.15) is 0 Å². The lowest BCUT2D eigenvalue weighted by Gasteiger charge is -2.26. The first kappa shape index (κ1) is 10.6. The zero-order valence-corrected chi connectivity index (χ0v) is 9.56. The molecule has 0 saturated carbocycles. The average Bonchev–Trinajstić information content (AvgIpc) is 2.75. The summed E-state index contributed by atoms with van der Waals surface area (Å²) in [5.41, 5.74) is 1.79. The van der Waals surface area contributed by atoms with Crippen molar-refractivity contribution in [2.24, 2.45) is 0 Å². The Bertz CT molecular complexity index is 514. The molecule has 3 rings (SSSR count). The number of morpholine rings is 1. The van der Waals surface area contributed by atoms with Crippen molar-refractivity contribution in [2.75, 3.05) is 26.3 Å². The van der Waals surface area contributed by atoms with E-state index in [1.165, 1.54) is 0 Å². The number of rotatable bonds is 2. The third kappa shape index (κ3) is 2.01. The molecule has 1 fully saturated rings. The van der Waals surface area contributed by atoms with Crippen LogP contribution in [0.25, 0.3) is 11.0 Å². The molecule has 1 aromatic carbocycles. The average molecular weight is 233 g/mol. The van der Waals surface area contributed by atoms with Crippen molar-refractivity contribution in [3.63, 3.8) is 0 Å². The minimum Gasteiger partial charge on any atom is -0.507 e. The lowest BCUT2D eigenvalue weighted by atomic mass is 10.1. The first-order valence-corrected chi connectivity index (χ1v) is 5.83. The third-order valence-corrected chi connectivity index (χ3v) is 3.15. The monoisotopic (exact) mass is 233 g/mol. The molecule has 2 heterocycles. The standard InChI is InChI=1S/C13H15NO3/c15-11-2-1-3-12-13(11)10(9-17-12)8-14-4-6-16-7-5-14/h1-3,9,15H,4-8H2. The Kier molecular flexibility index (Phi) is 2.74. The van der Waals surface area contributed by atoms with Crippen molar-refractivity contribution in [3.8, 4) is 5.75 Å². The highest BCUT2D eigenvalue weighted by molar-refractivity contribution is 5.87. The summed E-state index contributed by atoms with van der Waals surface area (Å²) in [4.78, 5) is 2.31. The molecule has 1 N–H and O–H groups in total. The summed E-state index contributed by atoms with van der Waals surface area (Å²) in [5.74, 6) is 0.291. The van der Waals surface area contributed by atoms with Crippen LogP contribution < -0.4 is 0 Å². The molecule has 90 valence electrons. The topological polar surface area (TPSA) is 45.8 Å². The Morgan fingerprint density at radius 3 is 2.88 bits per heavy atom. The van der Waals surface area contributed by atoms with Gasteiger partial charge in [0.1, 0.15) is 11.3 Å². The second kappa shape index (κ2) is 4.39. The van der Waals surface area contributed by atoms with Crippen LogP contribution in [0.5, 0.6) is 5.75 Å². The smallest absolute Gasteiger partial charge is 0.137 e. The zero-order chi connectivity index (χ0) is 11.7. The molecule has 0 atom stereocenters. The zero-order valence-electron chi connectivity index (χ0n) is 9.56. The fraction of sp³-hybridized carbons (Fsp3) is 0.385. The van der Waals surface area contributed by atoms with E-state index in [1.807, 2.05) is 6.07 Å². The molecule has 1 aromatic heterocycles. The molecule has 0 radical (unpaired) electrons. The van der Waals surface area contributed by atoms with Crippen LogP contribution in [0, 0.1) is 0 Å². The molecule has 0 unspecified atom stereocenters. The fourth-order valence-electron chi connectivity index (χ4n) is 2.25. The Morgan fingerprint density at radius 1 is 1.24 bits per heavy atom. The van der Waals surface area contributed by atoms with Crippen LogP contribution in [-0.2, 0) is 11.3 Å². The predicted molar refractivity (Wildman–Crippen MR) is 64.0 cm³/mol. The molecule has 1 aliphatic rings. The number of phenolic OH excluding ortho intramolecular Hbond substituents is 1. The molecule has 4 heteroatoms. The van der Waals surface area contributed by atoms with E-state index in [0.717, 1.165) is 49.4 Å². The van der Waals surface area contributed by atoms with Crippen molar-refractivity contribution in [1.82, 2.24) is 4.90 Å². The first-order chi connectivity index (χ1) is 8.34. The summed E-state index contributed by atoms with van der Waals surface area (Å²) in [5, 5.41) is 10.7.